The van der Waals surface area contributed by atoms with Crippen LogP contribution in [0.4, 0.5) is 10.1 Å². The van der Waals surface area contributed by atoms with E-state index in [1.54, 1.807) is 30.6 Å². The first-order valence-corrected chi connectivity index (χ1v) is 10.3. The Kier molecular flexibility index (Phi) is 5.80. The maximum atomic E-state index is 14.3. The lowest BCUT2D eigenvalue weighted by molar-refractivity contribution is -0.121. The molecule has 1 amide bonds. The molecule has 5 nitrogen and oxygen atoms in total. The summed E-state index contributed by atoms with van der Waals surface area (Å²) in [6, 6.07) is 10.0. The minimum atomic E-state index is -0.447. The molecule has 0 N–H and O–H groups in total. The van der Waals surface area contributed by atoms with Gasteiger partial charge in [0.25, 0.3) is 5.91 Å². The minimum Gasteiger partial charge on any atom is -0.482 e. The molecule has 1 aliphatic heterocycles. The molecule has 0 fully saturated rings. The molecule has 0 bridgehead atoms. The molecule has 150 valence electrons. The van der Waals surface area contributed by atoms with Gasteiger partial charge in [0.05, 0.1) is 29.5 Å². The highest BCUT2D eigenvalue weighted by Crippen LogP contribution is 2.38. The van der Waals surface area contributed by atoms with Crippen LogP contribution in [0.25, 0.3) is 11.3 Å². The standard InChI is InChI=1S/C21H18ClFN2O3S/c1-27-8-7-20-24-17(12-29-20)13-5-6-19-18(9-13)25(21(26)11-28-19)10-14-15(22)3-2-4-16(14)23/h2-6,9,12H,7-8,10-11H2,1H3. The number of amides is 1. The summed E-state index contributed by atoms with van der Waals surface area (Å²) in [6.07, 6.45) is 0.742. The second-order valence-electron chi connectivity index (χ2n) is 6.52. The summed E-state index contributed by atoms with van der Waals surface area (Å²) in [5, 5.41) is 3.22. The number of halogens is 2. The number of carbonyl (C=O) groups excluding carboxylic acids is 1. The van der Waals surface area contributed by atoms with Crippen molar-refractivity contribution in [1.82, 2.24) is 4.98 Å². The van der Waals surface area contributed by atoms with Crippen molar-refractivity contribution in [2.24, 2.45) is 0 Å². The van der Waals surface area contributed by atoms with E-state index < -0.39 is 5.82 Å². The Labute approximate surface area is 176 Å². The van der Waals surface area contributed by atoms with Gasteiger partial charge in [-0.2, -0.15) is 0 Å². The number of hydrogen-bond acceptors (Lipinski definition) is 5. The molecule has 0 unspecified atom stereocenters. The Morgan fingerprint density at radius 2 is 2.21 bits per heavy atom. The normalized spacial score (nSPS) is 13.3. The summed E-state index contributed by atoms with van der Waals surface area (Å²) in [7, 11) is 1.66. The number of hydrogen-bond donors (Lipinski definition) is 0. The fourth-order valence-electron chi connectivity index (χ4n) is 3.12. The van der Waals surface area contributed by atoms with E-state index in [-0.39, 0.29) is 29.6 Å². The Hall–Kier alpha value is -2.48. The number of ether oxygens (including phenoxy) is 2. The third kappa shape index (κ3) is 4.12. The molecular weight excluding hydrogens is 415 g/mol. The minimum absolute atomic E-state index is 0.0281. The van der Waals surface area contributed by atoms with E-state index >= 15 is 0 Å². The first-order chi connectivity index (χ1) is 14.1. The Morgan fingerprint density at radius 1 is 1.34 bits per heavy atom. The predicted octanol–water partition coefficient (Wildman–Crippen LogP) is 4.72. The van der Waals surface area contributed by atoms with Crippen molar-refractivity contribution >= 4 is 34.5 Å². The molecule has 1 aliphatic rings. The fourth-order valence-corrected chi connectivity index (χ4v) is 4.14. The summed E-state index contributed by atoms with van der Waals surface area (Å²) in [5.41, 5.74) is 2.51. The molecule has 0 saturated carbocycles. The van der Waals surface area contributed by atoms with Crippen molar-refractivity contribution in [3.05, 3.63) is 63.2 Å². The van der Waals surface area contributed by atoms with Crippen LogP contribution in [0, 0.1) is 5.82 Å². The molecule has 0 radical (unpaired) electrons. The van der Waals surface area contributed by atoms with Crippen LogP contribution in [0.2, 0.25) is 5.02 Å². The van der Waals surface area contributed by atoms with Gasteiger partial charge < -0.3 is 14.4 Å². The van der Waals surface area contributed by atoms with E-state index in [2.05, 4.69) is 4.98 Å². The average molecular weight is 433 g/mol. The van der Waals surface area contributed by atoms with E-state index in [0.29, 0.717) is 18.0 Å². The zero-order valence-corrected chi connectivity index (χ0v) is 17.2. The molecule has 2 aromatic carbocycles. The summed E-state index contributed by atoms with van der Waals surface area (Å²) < 4.78 is 24.9. The lowest BCUT2D eigenvalue weighted by Gasteiger charge is -2.30. The second kappa shape index (κ2) is 8.49. The molecule has 0 aliphatic carbocycles. The number of benzene rings is 2. The van der Waals surface area contributed by atoms with Crippen LogP contribution >= 0.6 is 22.9 Å². The molecule has 3 aromatic rings. The van der Waals surface area contributed by atoms with Crippen molar-refractivity contribution in [2.75, 3.05) is 25.2 Å². The van der Waals surface area contributed by atoms with Crippen molar-refractivity contribution in [2.45, 2.75) is 13.0 Å². The third-order valence-electron chi connectivity index (χ3n) is 4.65. The first kappa shape index (κ1) is 19.8. The maximum absolute atomic E-state index is 14.3. The number of thiazole rings is 1. The van der Waals surface area contributed by atoms with Crippen LogP contribution < -0.4 is 9.64 Å². The number of methoxy groups -OCH3 is 1. The van der Waals surface area contributed by atoms with Gasteiger partial charge in [-0.1, -0.05) is 17.7 Å². The highest BCUT2D eigenvalue weighted by molar-refractivity contribution is 7.09. The SMILES string of the molecule is COCCc1nc(-c2ccc3c(c2)N(Cc2c(F)cccc2Cl)C(=O)CO3)cs1. The van der Waals surface area contributed by atoms with E-state index in [0.717, 1.165) is 22.7 Å². The molecule has 0 spiro atoms. The van der Waals surface area contributed by atoms with Gasteiger partial charge in [-0.3, -0.25) is 4.79 Å². The predicted molar refractivity (Wildman–Crippen MR) is 111 cm³/mol. The van der Waals surface area contributed by atoms with Gasteiger partial charge in [0, 0.05) is 35.1 Å². The number of anilines is 1. The number of carbonyl (C=O) groups is 1. The number of nitrogens with zero attached hydrogens (tertiary/aromatic N) is 2. The Balaban J connectivity index is 1.68. The van der Waals surface area contributed by atoms with Crippen LogP contribution in [0.5, 0.6) is 5.75 Å². The molecule has 1 aromatic heterocycles. The van der Waals surface area contributed by atoms with E-state index in [1.807, 2.05) is 17.5 Å². The van der Waals surface area contributed by atoms with Crippen LogP contribution in [0.15, 0.2) is 41.8 Å². The van der Waals surface area contributed by atoms with Crippen LogP contribution in [0.1, 0.15) is 10.6 Å². The van der Waals surface area contributed by atoms with Crippen molar-refractivity contribution in [3.8, 4) is 17.0 Å². The van der Waals surface area contributed by atoms with Crippen LogP contribution in [-0.2, 0) is 22.5 Å². The zero-order chi connectivity index (χ0) is 20.4. The van der Waals surface area contributed by atoms with Gasteiger partial charge in [0.1, 0.15) is 11.6 Å². The Bertz CT molecular complexity index is 1040. The smallest absolute Gasteiger partial charge is 0.265 e. The molecular formula is C21H18ClFN2O3S. The van der Waals surface area contributed by atoms with Crippen molar-refractivity contribution in [1.29, 1.82) is 0 Å². The van der Waals surface area contributed by atoms with Crippen LogP contribution in [-0.4, -0.2) is 31.2 Å². The van der Waals surface area contributed by atoms with Gasteiger partial charge in [-0.25, -0.2) is 9.37 Å². The van der Waals surface area contributed by atoms with Crippen molar-refractivity contribution in [3.63, 3.8) is 0 Å². The van der Waals surface area contributed by atoms with Gasteiger partial charge in [-0.15, -0.1) is 11.3 Å². The molecule has 8 heteroatoms. The average Bonchev–Trinajstić information content (AvgIpc) is 3.19. The zero-order valence-electron chi connectivity index (χ0n) is 15.7. The van der Waals surface area contributed by atoms with Crippen LogP contribution in [0.3, 0.4) is 0 Å². The fraction of sp³-hybridized carbons (Fsp3) is 0.238. The van der Waals surface area contributed by atoms with Crippen molar-refractivity contribution < 1.29 is 18.7 Å². The van der Waals surface area contributed by atoms with E-state index in [1.165, 1.54) is 17.0 Å². The summed E-state index contributed by atoms with van der Waals surface area (Å²) in [4.78, 5) is 18.7. The summed E-state index contributed by atoms with van der Waals surface area (Å²) in [5.74, 6) is -0.138. The molecule has 4 rings (SSSR count). The highest BCUT2D eigenvalue weighted by Gasteiger charge is 2.28. The molecule has 0 atom stereocenters. The lowest BCUT2D eigenvalue weighted by Crippen LogP contribution is -2.38. The Morgan fingerprint density at radius 3 is 3.00 bits per heavy atom. The summed E-state index contributed by atoms with van der Waals surface area (Å²) >= 11 is 7.73. The van der Waals surface area contributed by atoms with Gasteiger partial charge in [0.15, 0.2) is 6.61 Å². The van der Waals surface area contributed by atoms with Gasteiger partial charge in [0.2, 0.25) is 0 Å². The highest BCUT2D eigenvalue weighted by atomic mass is 35.5. The molecule has 0 saturated heterocycles. The second-order valence-corrected chi connectivity index (χ2v) is 7.87. The topological polar surface area (TPSA) is 51.7 Å². The molecule has 29 heavy (non-hydrogen) atoms. The third-order valence-corrected chi connectivity index (χ3v) is 5.91. The maximum Gasteiger partial charge on any atom is 0.265 e. The monoisotopic (exact) mass is 432 g/mol. The van der Waals surface area contributed by atoms with Gasteiger partial charge in [-0.05, 0) is 30.3 Å². The van der Waals surface area contributed by atoms with Gasteiger partial charge >= 0.3 is 0 Å². The summed E-state index contributed by atoms with van der Waals surface area (Å²) in [6.45, 7) is 0.535. The quantitative estimate of drug-likeness (QED) is 0.565. The van der Waals surface area contributed by atoms with E-state index in [9.17, 15) is 9.18 Å². The number of aromatic nitrogens is 1. The first-order valence-electron chi connectivity index (χ1n) is 9.00. The lowest BCUT2D eigenvalue weighted by atomic mass is 10.1. The number of rotatable bonds is 6. The van der Waals surface area contributed by atoms with E-state index in [4.69, 9.17) is 21.1 Å². The largest absolute Gasteiger partial charge is 0.482 e. The molecule has 2 heterocycles. The number of fused-ring (bicyclic) bond motifs is 1.